The zero-order chi connectivity index (χ0) is 12.5. The van der Waals surface area contributed by atoms with E-state index < -0.39 is 0 Å². The third-order valence-corrected chi connectivity index (χ3v) is 2.83. The van der Waals surface area contributed by atoms with E-state index in [1.54, 1.807) is 0 Å². The zero-order valence-corrected chi connectivity index (χ0v) is 11.2. The second kappa shape index (κ2) is 8.20. The van der Waals surface area contributed by atoms with Crippen LogP contribution in [-0.4, -0.2) is 41.7 Å². The average Bonchev–Trinajstić information content (AvgIpc) is 2.78. The van der Waals surface area contributed by atoms with Gasteiger partial charge in [-0.1, -0.05) is 18.6 Å². The van der Waals surface area contributed by atoms with E-state index in [9.17, 15) is 0 Å². The first-order chi connectivity index (χ1) is 8.27. The summed E-state index contributed by atoms with van der Waals surface area (Å²) in [4.78, 5) is 0. The maximum absolute atomic E-state index is 4.19. The van der Waals surface area contributed by atoms with Crippen molar-refractivity contribution in [2.24, 2.45) is 0 Å². The molecular weight excluding hydrogens is 214 g/mol. The molecule has 1 heterocycles. The fraction of sp³-hybridized carbons (Fsp3) is 0.833. The molecule has 0 saturated heterocycles. The Morgan fingerprint density at radius 3 is 2.88 bits per heavy atom. The van der Waals surface area contributed by atoms with Crippen LogP contribution in [0.15, 0.2) is 6.20 Å². The predicted octanol–water partition coefficient (Wildman–Crippen LogP) is 0.991. The van der Waals surface area contributed by atoms with Crippen LogP contribution in [0, 0.1) is 0 Å². The van der Waals surface area contributed by atoms with Gasteiger partial charge in [0.1, 0.15) is 0 Å². The summed E-state index contributed by atoms with van der Waals surface area (Å²) in [6, 6.07) is 0.457. The molecule has 2 N–H and O–H groups in total. The highest BCUT2D eigenvalue weighted by Gasteiger charge is 2.06. The average molecular weight is 239 g/mol. The Morgan fingerprint density at radius 2 is 2.18 bits per heavy atom. The number of rotatable bonds is 9. The van der Waals surface area contributed by atoms with Crippen LogP contribution in [0.5, 0.6) is 0 Å². The van der Waals surface area contributed by atoms with Crippen molar-refractivity contribution in [3.05, 3.63) is 11.9 Å². The second-order valence-electron chi connectivity index (χ2n) is 4.43. The summed E-state index contributed by atoms with van der Waals surface area (Å²) < 4.78 is 1.98. The Labute approximate surface area is 104 Å². The molecule has 0 aromatic carbocycles. The van der Waals surface area contributed by atoms with Crippen LogP contribution < -0.4 is 10.6 Å². The van der Waals surface area contributed by atoms with Crippen molar-refractivity contribution in [2.45, 2.75) is 39.2 Å². The normalized spacial score (nSPS) is 12.9. The maximum Gasteiger partial charge on any atom is 0.0839 e. The summed E-state index contributed by atoms with van der Waals surface area (Å²) in [5, 5.41) is 14.8. The summed E-state index contributed by atoms with van der Waals surface area (Å²) in [6.45, 7) is 7.34. The number of aromatic nitrogens is 3. The lowest BCUT2D eigenvalue weighted by molar-refractivity contribution is 0.443. The van der Waals surface area contributed by atoms with Gasteiger partial charge in [0.25, 0.3) is 0 Å². The Balaban J connectivity index is 2.25. The van der Waals surface area contributed by atoms with Crippen LogP contribution in [0.1, 0.15) is 38.4 Å². The summed E-state index contributed by atoms with van der Waals surface area (Å²) in [7, 11) is 1.96. The summed E-state index contributed by atoms with van der Waals surface area (Å²) >= 11 is 0. The van der Waals surface area contributed by atoms with Crippen molar-refractivity contribution < 1.29 is 0 Å². The number of nitrogens with one attached hydrogen (secondary N) is 2. The van der Waals surface area contributed by atoms with Gasteiger partial charge in [0.15, 0.2) is 0 Å². The highest BCUT2D eigenvalue weighted by atomic mass is 15.4. The van der Waals surface area contributed by atoms with Gasteiger partial charge in [-0.3, -0.25) is 0 Å². The SMILES string of the molecule is CCCC(C)n1cc(CCNCCNC)nn1. The van der Waals surface area contributed by atoms with Crippen molar-refractivity contribution in [2.75, 3.05) is 26.7 Å². The second-order valence-corrected chi connectivity index (χ2v) is 4.43. The van der Waals surface area contributed by atoms with Crippen LogP contribution in [0.4, 0.5) is 0 Å². The lowest BCUT2D eigenvalue weighted by Gasteiger charge is -2.08. The number of hydrogen-bond acceptors (Lipinski definition) is 4. The quantitative estimate of drug-likeness (QED) is 0.631. The topological polar surface area (TPSA) is 54.8 Å². The van der Waals surface area contributed by atoms with Crippen molar-refractivity contribution in [3.8, 4) is 0 Å². The first-order valence-corrected chi connectivity index (χ1v) is 6.54. The van der Waals surface area contributed by atoms with E-state index in [2.05, 4.69) is 41.0 Å². The van der Waals surface area contributed by atoms with Crippen LogP contribution >= 0.6 is 0 Å². The molecule has 0 aliphatic rings. The van der Waals surface area contributed by atoms with E-state index in [1.807, 2.05) is 11.7 Å². The molecule has 5 nitrogen and oxygen atoms in total. The molecule has 0 bridgehead atoms. The Morgan fingerprint density at radius 1 is 1.35 bits per heavy atom. The molecule has 1 rings (SSSR count). The molecule has 0 aliphatic carbocycles. The van der Waals surface area contributed by atoms with Crippen LogP contribution in [-0.2, 0) is 6.42 Å². The number of nitrogens with zero attached hydrogens (tertiary/aromatic N) is 3. The Kier molecular flexibility index (Phi) is 6.81. The molecule has 1 atom stereocenters. The van der Waals surface area contributed by atoms with Gasteiger partial charge in [-0.25, -0.2) is 4.68 Å². The van der Waals surface area contributed by atoms with Crippen molar-refractivity contribution in [3.63, 3.8) is 0 Å². The summed E-state index contributed by atoms with van der Waals surface area (Å²) in [5.41, 5.74) is 1.07. The lowest BCUT2D eigenvalue weighted by Crippen LogP contribution is -2.26. The van der Waals surface area contributed by atoms with Gasteiger partial charge in [-0.2, -0.15) is 0 Å². The van der Waals surface area contributed by atoms with Gasteiger partial charge < -0.3 is 10.6 Å². The first kappa shape index (κ1) is 14.1. The van der Waals surface area contributed by atoms with Crippen molar-refractivity contribution >= 4 is 0 Å². The summed E-state index contributed by atoms with van der Waals surface area (Å²) in [6.07, 6.45) is 5.35. The zero-order valence-electron chi connectivity index (χ0n) is 11.2. The lowest BCUT2D eigenvalue weighted by atomic mass is 10.2. The fourth-order valence-corrected chi connectivity index (χ4v) is 1.75. The molecule has 0 saturated carbocycles. The van der Waals surface area contributed by atoms with Crippen molar-refractivity contribution in [1.82, 2.24) is 25.6 Å². The molecule has 0 radical (unpaired) electrons. The summed E-state index contributed by atoms with van der Waals surface area (Å²) in [5.74, 6) is 0. The molecule has 1 unspecified atom stereocenters. The third-order valence-electron chi connectivity index (χ3n) is 2.83. The molecule has 0 fully saturated rings. The van der Waals surface area contributed by atoms with Crippen LogP contribution in [0.2, 0.25) is 0 Å². The highest BCUT2D eigenvalue weighted by molar-refractivity contribution is 4.93. The Bertz CT molecular complexity index is 297. The molecule has 17 heavy (non-hydrogen) atoms. The van der Waals surface area contributed by atoms with Gasteiger partial charge in [0, 0.05) is 32.3 Å². The highest BCUT2D eigenvalue weighted by Crippen LogP contribution is 2.11. The van der Waals surface area contributed by atoms with E-state index in [4.69, 9.17) is 0 Å². The minimum atomic E-state index is 0.457. The van der Waals surface area contributed by atoms with Gasteiger partial charge >= 0.3 is 0 Å². The molecule has 0 spiro atoms. The molecule has 98 valence electrons. The third kappa shape index (κ3) is 5.28. The molecule has 5 heteroatoms. The van der Waals surface area contributed by atoms with E-state index >= 15 is 0 Å². The molecule has 0 amide bonds. The Hall–Kier alpha value is -0.940. The predicted molar refractivity (Wildman–Crippen MR) is 70.1 cm³/mol. The number of likely N-dealkylation sites (N-methyl/N-ethyl adjacent to an activating group) is 1. The molecule has 0 aliphatic heterocycles. The van der Waals surface area contributed by atoms with Gasteiger partial charge in [-0.15, -0.1) is 5.10 Å². The molecular formula is C12H25N5. The number of hydrogen-bond donors (Lipinski definition) is 2. The minimum Gasteiger partial charge on any atom is -0.318 e. The fourth-order valence-electron chi connectivity index (χ4n) is 1.75. The first-order valence-electron chi connectivity index (χ1n) is 6.54. The van der Waals surface area contributed by atoms with Gasteiger partial charge in [-0.05, 0) is 20.4 Å². The van der Waals surface area contributed by atoms with Crippen LogP contribution in [0.25, 0.3) is 0 Å². The van der Waals surface area contributed by atoms with Gasteiger partial charge in [0.2, 0.25) is 0 Å². The van der Waals surface area contributed by atoms with E-state index in [0.29, 0.717) is 6.04 Å². The smallest absolute Gasteiger partial charge is 0.0839 e. The van der Waals surface area contributed by atoms with E-state index in [-0.39, 0.29) is 0 Å². The van der Waals surface area contributed by atoms with E-state index in [1.165, 1.54) is 6.42 Å². The standard InChI is InChI=1S/C12H25N5/c1-4-5-11(2)17-10-12(15-16-17)6-7-14-9-8-13-3/h10-11,13-14H,4-9H2,1-3H3. The molecule has 1 aromatic heterocycles. The molecule has 1 aromatic rings. The monoisotopic (exact) mass is 239 g/mol. The maximum atomic E-state index is 4.19. The van der Waals surface area contributed by atoms with Crippen LogP contribution in [0.3, 0.4) is 0 Å². The van der Waals surface area contributed by atoms with E-state index in [0.717, 1.165) is 38.2 Å². The van der Waals surface area contributed by atoms with Gasteiger partial charge in [0.05, 0.1) is 11.7 Å². The van der Waals surface area contributed by atoms with Crippen molar-refractivity contribution in [1.29, 1.82) is 0 Å². The largest absolute Gasteiger partial charge is 0.318 e. The minimum absolute atomic E-state index is 0.457.